The normalized spacial score (nSPS) is 19.6. The fourth-order valence-electron chi connectivity index (χ4n) is 2.16. The van der Waals surface area contributed by atoms with Crippen molar-refractivity contribution in [3.8, 4) is 18.1 Å². The molecular formula is C14H17NO. The van der Waals surface area contributed by atoms with E-state index in [1.165, 1.54) is 5.56 Å². The van der Waals surface area contributed by atoms with E-state index >= 15 is 0 Å². The average Bonchev–Trinajstić information content (AvgIpc) is 2.72. The molecule has 1 aromatic carbocycles. The van der Waals surface area contributed by atoms with Crippen molar-refractivity contribution in [1.29, 1.82) is 0 Å². The first-order valence-corrected chi connectivity index (χ1v) is 5.76. The molecule has 0 amide bonds. The lowest BCUT2D eigenvalue weighted by Crippen LogP contribution is -2.42. The second kappa shape index (κ2) is 5.05. The molecule has 0 bridgehead atoms. The maximum absolute atomic E-state index is 5.92. The van der Waals surface area contributed by atoms with Crippen LogP contribution in [0.25, 0.3) is 0 Å². The van der Waals surface area contributed by atoms with Crippen LogP contribution in [0.4, 0.5) is 0 Å². The molecule has 2 heteroatoms. The van der Waals surface area contributed by atoms with Crippen molar-refractivity contribution < 1.29 is 4.74 Å². The molecule has 2 nitrogen and oxygen atoms in total. The van der Waals surface area contributed by atoms with Gasteiger partial charge in [0.05, 0.1) is 6.04 Å². The van der Waals surface area contributed by atoms with Gasteiger partial charge in [-0.3, -0.25) is 0 Å². The van der Waals surface area contributed by atoms with Crippen LogP contribution in [-0.4, -0.2) is 18.7 Å². The van der Waals surface area contributed by atoms with Gasteiger partial charge in [0.25, 0.3) is 0 Å². The number of benzene rings is 1. The highest BCUT2D eigenvalue weighted by atomic mass is 16.5. The Balaban J connectivity index is 2.06. The van der Waals surface area contributed by atoms with Crippen molar-refractivity contribution in [3.05, 3.63) is 29.8 Å². The van der Waals surface area contributed by atoms with E-state index in [1.807, 2.05) is 18.2 Å². The van der Waals surface area contributed by atoms with Gasteiger partial charge in [0, 0.05) is 12.8 Å². The molecule has 2 unspecified atom stereocenters. The van der Waals surface area contributed by atoms with E-state index in [0.717, 1.165) is 18.7 Å². The van der Waals surface area contributed by atoms with Crippen LogP contribution >= 0.6 is 0 Å². The van der Waals surface area contributed by atoms with Crippen LogP contribution < -0.4 is 10.1 Å². The van der Waals surface area contributed by atoms with Crippen molar-refractivity contribution >= 4 is 0 Å². The Morgan fingerprint density at radius 2 is 2.38 bits per heavy atom. The zero-order valence-corrected chi connectivity index (χ0v) is 9.57. The quantitative estimate of drug-likeness (QED) is 0.776. The molecule has 0 radical (unpaired) electrons. The van der Waals surface area contributed by atoms with Gasteiger partial charge < -0.3 is 10.1 Å². The Kier molecular flexibility index (Phi) is 3.48. The van der Waals surface area contributed by atoms with Gasteiger partial charge in [0.1, 0.15) is 11.9 Å². The van der Waals surface area contributed by atoms with E-state index in [1.54, 1.807) is 0 Å². The van der Waals surface area contributed by atoms with Crippen LogP contribution in [0, 0.1) is 12.3 Å². The van der Waals surface area contributed by atoms with E-state index < -0.39 is 0 Å². The molecule has 0 spiro atoms. The number of ether oxygens (including phenoxy) is 1. The maximum Gasteiger partial charge on any atom is 0.123 e. The summed E-state index contributed by atoms with van der Waals surface area (Å²) in [6.45, 7) is 3.01. The molecule has 0 aromatic heterocycles. The molecule has 1 aliphatic heterocycles. The van der Waals surface area contributed by atoms with Crippen molar-refractivity contribution in [3.63, 3.8) is 0 Å². The summed E-state index contributed by atoms with van der Waals surface area (Å²) in [7, 11) is 0. The van der Waals surface area contributed by atoms with E-state index in [0.29, 0.717) is 6.42 Å². The Morgan fingerprint density at radius 1 is 1.56 bits per heavy atom. The van der Waals surface area contributed by atoms with Gasteiger partial charge in [-0.25, -0.2) is 0 Å². The van der Waals surface area contributed by atoms with Crippen LogP contribution in [0.2, 0.25) is 0 Å². The summed E-state index contributed by atoms with van der Waals surface area (Å²) in [6, 6.07) is 8.45. The highest BCUT2D eigenvalue weighted by molar-refractivity contribution is 5.37. The third kappa shape index (κ3) is 2.20. The van der Waals surface area contributed by atoms with Gasteiger partial charge in [0.15, 0.2) is 0 Å². The summed E-state index contributed by atoms with van der Waals surface area (Å²) in [4.78, 5) is 0. The number of likely N-dealkylation sites (N-methyl/N-ethyl adjacent to an activating group) is 1. The first-order chi connectivity index (χ1) is 7.85. The number of hydrogen-bond acceptors (Lipinski definition) is 2. The molecule has 84 valence electrons. The molecule has 1 heterocycles. The second-order valence-electron chi connectivity index (χ2n) is 4.04. The number of hydrogen-bond donors (Lipinski definition) is 1. The van der Waals surface area contributed by atoms with Gasteiger partial charge in [-0.1, -0.05) is 25.1 Å². The van der Waals surface area contributed by atoms with E-state index in [4.69, 9.17) is 11.2 Å². The predicted molar refractivity (Wildman–Crippen MR) is 65.5 cm³/mol. The van der Waals surface area contributed by atoms with Gasteiger partial charge in [0.2, 0.25) is 0 Å². The van der Waals surface area contributed by atoms with Crippen LogP contribution in [0.15, 0.2) is 24.3 Å². The highest BCUT2D eigenvalue weighted by Crippen LogP contribution is 2.29. The van der Waals surface area contributed by atoms with Crippen molar-refractivity contribution in [2.75, 3.05) is 6.54 Å². The van der Waals surface area contributed by atoms with E-state index in [-0.39, 0.29) is 12.1 Å². The zero-order valence-electron chi connectivity index (χ0n) is 9.57. The van der Waals surface area contributed by atoms with Crippen LogP contribution in [-0.2, 0) is 6.42 Å². The summed E-state index contributed by atoms with van der Waals surface area (Å²) in [5.74, 6) is 3.72. The lowest BCUT2D eigenvalue weighted by molar-refractivity contribution is 0.181. The second-order valence-corrected chi connectivity index (χ2v) is 4.04. The van der Waals surface area contributed by atoms with Crippen molar-refractivity contribution in [1.82, 2.24) is 5.32 Å². The molecule has 2 rings (SSSR count). The fraction of sp³-hybridized carbons (Fsp3) is 0.429. The molecule has 0 saturated carbocycles. The van der Waals surface area contributed by atoms with Crippen molar-refractivity contribution in [2.45, 2.75) is 31.9 Å². The van der Waals surface area contributed by atoms with E-state index in [2.05, 4.69) is 24.2 Å². The predicted octanol–water partition coefficient (Wildman–Crippen LogP) is 1.99. The molecule has 2 atom stereocenters. The standard InChI is InChI=1S/C14H17NO/c1-3-7-12(15-4-2)14-10-11-8-5-6-9-13(11)16-14/h1,5-6,8-9,12,14-15H,4,7,10H2,2H3. The maximum atomic E-state index is 5.92. The molecule has 0 fully saturated rings. The summed E-state index contributed by atoms with van der Waals surface area (Å²) < 4.78 is 5.92. The van der Waals surface area contributed by atoms with E-state index in [9.17, 15) is 0 Å². The third-order valence-electron chi connectivity index (χ3n) is 2.92. The number of fused-ring (bicyclic) bond motifs is 1. The van der Waals surface area contributed by atoms with Gasteiger partial charge in [-0.15, -0.1) is 12.3 Å². The molecule has 16 heavy (non-hydrogen) atoms. The molecule has 1 aromatic rings. The molecule has 0 saturated heterocycles. The van der Waals surface area contributed by atoms with Crippen LogP contribution in [0.5, 0.6) is 5.75 Å². The highest BCUT2D eigenvalue weighted by Gasteiger charge is 2.28. The molecular weight excluding hydrogens is 198 g/mol. The van der Waals surface area contributed by atoms with Crippen LogP contribution in [0.3, 0.4) is 0 Å². The number of nitrogens with one attached hydrogen (secondary N) is 1. The third-order valence-corrected chi connectivity index (χ3v) is 2.92. The molecule has 1 aliphatic rings. The Labute approximate surface area is 97.0 Å². The number of rotatable bonds is 4. The topological polar surface area (TPSA) is 21.3 Å². The summed E-state index contributed by atoms with van der Waals surface area (Å²) >= 11 is 0. The molecule has 0 aliphatic carbocycles. The Hall–Kier alpha value is -1.46. The number of terminal acetylenes is 1. The lowest BCUT2D eigenvalue weighted by atomic mass is 10.0. The minimum absolute atomic E-state index is 0.174. The van der Waals surface area contributed by atoms with Gasteiger partial charge >= 0.3 is 0 Å². The summed E-state index contributed by atoms with van der Waals surface area (Å²) in [5, 5.41) is 3.39. The minimum atomic E-state index is 0.174. The number of para-hydroxylation sites is 1. The van der Waals surface area contributed by atoms with Crippen LogP contribution in [0.1, 0.15) is 18.9 Å². The smallest absolute Gasteiger partial charge is 0.123 e. The van der Waals surface area contributed by atoms with Gasteiger partial charge in [-0.2, -0.15) is 0 Å². The Bertz CT molecular complexity index is 369. The lowest BCUT2D eigenvalue weighted by Gasteiger charge is -2.22. The zero-order chi connectivity index (χ0) is 11.4. The minimum Gasteiger partial charge on any atom is -0.488 e. The fourth-order valence-corrected chi connectivity index (χ4v) is 2.16. The first-order valence-electron chi connectivity index (χ1n) is 5.76. The Morgan fingerprint density at radius 3 is 3.06 bits per heavy atom. The SMILES string of the molecule is C#CCC(NCC)C1Cc2ccccc2O1. The first kappa shape index (κ1) is 11.0. The average molecular weight is 215 g/mol. The molecule has 1 N–H and O–H groups in total. The van der Waals surface area contributed by atoms with Gasteiger partial charge in [-0.05, 0) is 18.2 Å². The largest absolute Gasteiger partial charge is 0.488 e. The summed E-state index contributed by atoms with van der Waals surface area (Å²) in [6.07, 6.45) is 7.23. The van der Waals surface area contributed by atoms with Crippen molar-refractivity contribution in [2.24, 2.45) is 0 Å². The summed E-state index contributed by atoms with van der Waals surface area (Å²) in [5.41, 5.74) is 1.28. The monoisotopic (exact) mass is 215 g/mol.